The molecular formula is C14H20FNO2. The van der Waals surface area contributed by atoms with E-state index >= 15 is 0 Å². The Morgan fingerprint density at radius 2 is 2.17 bits per heavy atom. The zero-order valence-corrected chi connectivity index (χ0v) is 11.1. The summed E-state index contributed by atoms with van der Waals surface area (Å²) in [6, 6.07) is 4.29. The third kappa shape index (κ3) is 4.02. The highest BCUT2D eigenvalue weighted by Gasteiger charge is 2.19. The van der Waals surface area contributed by atoms with Gasteiger partial charge in [-0.3, -0.25) is 0 Å². The smallest absolute Gasteiger partial charge is 0.328 e. The van der Waals surface area contributed by atoms with Gasteiger partial charge in [0, 0.05) is 0 Å². The molecule has 0 aliphatic carbocycles. The summed E-state index contributed by atoms with van der Waals surface area (Å²) in [4.78, 5) is 11.7. The van der Waals surface area contributed by atoms with Crippen molar-refractivity contribution in [3.63, 3.8) is 0 Å². The van der Waals surface area contributed by atoms with Crippen LogP contribution in [0, 0.1) is 12.7 Å². The maximum atomic E-state index is 13.6. The first-order valence-corrected chi connectivity index (χ1v) is 6.27. The summed E-state index contributed by atoms with van der Waals surface area (Å²) < 4.78 is 18.6. The molecule has 0 fully saturated rings. The van der Waals surface area contributed by atoms with Crippen LogP contribution in [0.15, 0.2) is 18.2 Å². The number of aryl methyl sites for hydroxylation is 1. The molecule has 100 valence electrons. The summed E-state index contributed by atoms with van der Waals surface area (Å²) in [5.74, 6) is -0.689. The largest absolute Gasteiger partial charge is 0.464 e. The van der Waals surface area contributed by atoms with Gasteiger partial charge in [0.15, 0.2) is 0 Å². The zero-order valence-electron chi connectivity index (χ0n) is 11.1. The normalized spacial score (nSPS) is 12.0. The van der Waals surface area contributed by atoms with Gasteiger partial charge in [0.1, 0.15) is 11.9 Å². The van der Waals surface area contributed by atoms with Gasteiger partial charge in [0.05, 0.1) is 12.3 Å². The lowest BCUT2D eigenvalue weighted by Gasteiger charge is -2.18. The molecule has 0 bridgehead atoms. The first-order valence-electron chi connectivity index (χ1n) is 6.27. The first-order chi connectivity index (χ1) is 8.58. The van der Waals surface area contributed by atoms with E-state index < -0.39 is 6.04 Å². The van der Waals surface area contributed by atoms with Crippen LogP contribution in [0.4, 0.5) is 10.1 Å². The third-order valence-electron chi connectivity index (χ3n) is 2.60. The molecule has 1 rings (SSSR count). The molecule has 0 radical (unpaired) electrons. The van der Waals surface area contributed by atoms with Crippen molar-refractivity contribution in [2.45, 2.75) is 39.7 Å². The number of ether oxygens (including phenoxy) is 1. The van der Waals surface area contributed by atoms with Crippen molar-refractivity contribution < 1.29 is 13.9 Å². The molecule has 18 heavy (non-hydrogen) atoms. The number of nitrogens with one attached hydrogen (secondary N) is 1. The van der Waals surface area contributed by atoms with Crippen LogP contribution in [0.25, 0.3) is 0 Å². The molecule has 0 heterocycles. The lowest BCUT2D eigenvalue weighted by atomic mass is 10.1. The van der Waals surface area contributed by atoms with E-state index in [0.717, 1.165) is 12.0 Å². The fraction of sp³-hybridized carbons (Fsp3) is 0.500. The lowest BCUT2D eigenvalue weighted by molar-refractivity contribution is -0.144. The van der Waals surface area contributed by atoms with Gasteiger partial charge < -0.3 is 10.1 Å². The molecule has 1 aromatic carbocycles. The Kier molecular flexibility index (Phi) is 5.62. The van der Waals surface area contributed by atoms with E-state index in [1.807, 2.05) is 13.8 Å². The number of benzene rings is 1. The number of rotatable bonds is 6. The van der Waals surface area contributed by atoms with Gasteiger partial charge in [-0.1, -0.05) is 19.4 Å². The van der Waals surface area contributed by atoms with Crippen LogP contribution in [0.2, 0.25) is 0 Å². The van der Waals surface area contributed by atoms with Crippen molar-refractivity contribution in [3.8, 4) is 0 Å². The Balaban J connectivity index is 2.82. The van der Waals surface area contributed by atoms with Gasteiger partial charge in [-0.05, 0) is 38.0 Å². The van der Waals surface area contributed by atoms with E-state index in [1.54, 1.807) is 19.1 Å². The van der Waals surface area contributed by atoms with Crippen molar-refractivity contribution in [3.05, 3.63) is 29.6 Å². The summed E-state index contributed by atoms with van der Waals surface area (Å²) in [7, 11) is 0. The fourth-order valence-corrected chi connectivity index (χ4v) is 1.72. The molecule has 0 spiro atoms. The van der Waals surface area contributed by atoms with Gasteiger partial charge in [0.2, 0.25) is 0 Å². The van der Waals surface area contributed by atoms with Crippen LogP contribution >= 0.6 is 0 Å². The van der Waals surface area contributed by atoms with Gasteiger partial charge in [-0.25, -0.2) is 9.18 Å². The van der Waals surface area contributed by atoms with E-state index in [-0.39, 0.29) is 11.8 Å². The van der Waals surface area contributed by atoms with Crippen LogP contribution in [-0.2, 0) is 9.53 Å². The minimum atomic E-state index is -0.494. The van der Waals surface area contributed by atoms with Crippen LogP contribution in [0.3, 0.4) is 0 Å². The molecule has 0 amide bonds. The van der Waals surface area contributed by atoms with Crippen LogP contribution in [-0.4, -0.2) is 18.6 Å². The highest BCUT2D eigenvalue weighted by atomic mass is 19.1. The SMILES string of the molecule is CCCC(Nc1cc(C)ccc1F)C(=O)OCC. The molecule has 1 N–H and O–H groups in total. The summed E-state index contributed by atoms with van der Waals surface area (Å²) in [5, 5.41) is 2.92. The van der Waals surface area contributed by atoms with Gasteiger partial charge in [-0.2, -0.15) is 0 Å². The van der Waals surface area contributed by atoms with Crippen LogP contribution in [0.5, 0.6) is 0 Å². The van der Waals surface area contributed by atoms with Crippen molar-refractivity contribution >= 4 is 11.7 Å². The van der Waals surface area contributed by atoms with Crippen molar-refractivity contribution in [1.82, 2.24) is 0 Å². The molecule has 0 aliphatic rings. The number of esters is 1. The predicted molar refractivity (Wildman–Crippen MR) is 70.1 cm³/mol. The predicted octanol–water partition coefficient (Wildman–Crippen LogP) is 3.28. The van der Waals surface area contributed by atoms with Crippen LogP contribution in [0.1, 0.15) is 32.3 Å². The van der Waals surface area contributed by atoms with Crippen LogP contribution < -0.4 is 5.32 Å². The average molecular weight is 253 g/mol. The lowest BCUT2D eigenvalue weighted by Crippen LogP contribution is -2.31. The molecule has 0 aliphatic heterocycles. The Morgan fingerprint density at radius 1 is 1.44 bits per heavy atom. The molecule has 0 aromatic heterocycles. The molecule has 1 unspecified atom stereocenters. The van der Waals surface area contributed by atoms with Crippen molar-refractivity contribution in [1.29, 1.82) is 0 Å². The highest BCUT2D eigenvalue weighted by molar-refractivity contribution is 5.79. The van der Waals surface area contributed by atoms with Gasteiger partial charge >= 0.3 is 5.97 Å². The zero-order chi connectivity index (χ0) is 13.5. The summed E-state index contributed by atoms with van der Waals surface area (Å²) in [6.45, 7) is 5.94. The third-order valence-corrected chi connectivity index (χ3v) is 2.60. The maximum absolute atomic E-state index is 13.6. The fourth-order valence-electron chi connectivity index (χ4n) is 1.72. The Hall–Kier alpha value is -1.58. The molecule has 1 aromatic rings. The monoisotopic (exact) mass is 253 g/mol. The van der Waals surface area contributed by atoms with Gasteiger partial charge in [-0.15, -0.1) is 0 Å². The van der Waals surface area contributed by atoms with E-state index in [4.69, 9.17) is 4.74 Å². The topological polar surface area (TPSA) is 38.3 Å². The number of anilines is 1. The highest BCUT2D eigenvalue weighted by Crippen LogP contribution is 2.18. The van der Waals surface area contributed by atoms with Crippen molar-refractivity contribution in [2.75, 3.05) is 11.9 Å². The number of halogens is 1. The number of carbonyl (C=O) groups excluding carboxylic acids is 1. The quantitative estimate of drug-likeness (QED) is 0.791. The minimum absolute atomic E-state index is 0.330. The van der Waals surface area contributed by atoms with Crippen molar-refractivity contribution in [2.24, 2.45) is 0 Å². The molecule has 0 saturated carbocycles. The summed E-state index contributed by atoms with van der Waals surface area (Å²) >= 11 is 0. The molecule has 0 saturated heterocycles. The Morgan fingerprint density at radius 3 is 2.78 bits per heavy atom. The number of hydrogen-bond acceptors (Lipinski definition) is 3. The summed E-state index contributed by atoms with van der Waals surface area (Å²) in [6.07, 6.45) is 1.44. The second kappa shape index (κ2) is 6.99. The second-order valence-corrected chi connectivity index (χ2v) is 4.22. The van der Waals surface area contributed by atoms with E-state index in [0.29, 0.717) is 18.7 Å². The van der Waals surface area contributed by atoms with E-state index in [2.05, 4.69) is 5.32 Å². The molecule has 4 heteroatoms. The van der Waals surface area contributed by atoms with Gasteiger partial charge in [0.25, 0.3) is 0 Å². The molecular weight excluding hydrogens is 233 g/mol. The number of carbonyl (C=O) groups is 1. The number of hydrogen-bond donors (Lipinski definition) is 1. The minimum Gasteiger partial charge on any atom is -0.464 e. The maximum Gasteiger partial charge on any atom is 0.328 e. The first kappa shape index (κ1) is 14.5. The molecule has 1 atom stereocenters. The van der Waals surface area contributed by atoms with E-state index in [9.17, 15) is 9.18 Å². The summed E-state index contributed by atoms with van der Waals surface area (Å²) in [5.41, 5.74) is 1.29. The second-order valence-electron chi connectivity index (χ2n) is 4.22. The molecule has 3 nitrogen and oxygen atoms in total. The average Bonchev–Trinajstić information content (AvgIpc) is 2.33. The van der Waals surface area contributed by atoms with E-state index in [1.165, 1.54) is 6.07 Å². The Labute approximate surface area is 107 Å². The Bertz CT molecular complexity index is 407. The standard InChI is InChI=1S/C14H20FNO2/c1-4-6-12(14(17)18-5-2)16-13-9-10(3)7-8-11(13)15/h7-9,12,16H,4-6H2,1-3H3.